The molecule has 0 spiro atoms. The monoisotopic (exact) mass is 279 g/mol. The van der Waals surface area contributed by atoms with E-state index in [-0.39, 0.29) is 0 Å². The first-order chi connectivity index (χ1) is 9.06. The number of nitrogens with one attached hydrogen (secondary N) is 1. The van der Waals surface area contributed by atoms with E-state index in [1.807, 2.05) is 0 Å². The molecule has 0 saturated heterocycles. The average Bonchev–Trinajstić information content (AvgIpc) is 3.19. The fraction of sp³-hybridized carbons (Fsp3) is 0.625. The summed E-state index contributed by atoms with van der Waals surface area (Å²) < 4.78 is 11.2. The third kappa shape index (κ3) is 4.73. The molecule has 1 aromatic rings. The van der Waals surface area contributed by atoms with Crippen molar-refractivity contribution in [1.82, 2.24) is 5.32 Å². The molecule has 0 heterocycles. The summed E-state index contributed by atoms with van der Waals surface area (Å²) in [5.74, 6) is 1.58. The largest absolute Gasteiger partial charge is 0.307 e. The molecule has 1 aromatic carbocycles. The minimum atomic E-state index is -0.684. The minimum absolute atomic E-state index is 0.427. The minimum Gasteiger partial charge on any atom is -0.307 e. The molecule has 0 aromatic heterocycles. The van der Waals surface area contributed by atoms with Gasteiger partial charge in [0.1, 0.15) is 0 Å². The molecule has 3 unspecified atom stereocenters. The summed E-state index contributed by atoms with van der Waals surface area (Å²) in [6.07, 6.45) is 5.43. The van der Waals surface area contributed by atoms with Crippen molar-refractivity contribution in [3.63, 3.8) is 0 Å². The maximum absolute atomic E-state index is 11.2. The van der Waals surface area contributed by atoms with Gasteiger partial charge in [0.2, 0.25) is 0 Å². The van der Waals surface area contributed by atoms with Crippen LogP contribution < -0.4 is 5.32 Å². The molecule has 0 amide bonds. The summed E-state index contributed by atoms with van der Waals surface area (Å²) in [5.41, 5.74) is 2.71. The molecule has 0 bridgehead atoms. The Bertz CT molecular complexity index is 425. The molecular weight excluding hydrogens is 254 g/mol. The molecule has 1 N–H and O–H groups in total. The van der Waals surface area contributed by atoms with Gasteiger partial charge in [0.25, 0.3) is 0 Å². The highest BCUT2D eigenvalue weighted by atomic mass is 32.2. The molecule has 1 aliphatic carbocycles. The van der Waals surface area contributed by atoms with Crippen LogP contribution in [0.15, 0.2) is 24.3 Å². The average molecular weight is 279 g/mol. The summed E-state index contributed by atoms with van der Waals surface area (Å²) >= 11 is 0. The van der Waals surface area contributed by atoms with Crippen molar-refractivity contribution in [3.8, 4) is 0 Å². The van der Waals surface area contributed by atoms with Crippen molar-refractivity contribution < 1.29 is 4.21 Å². The van der Waals surface area contributed by atoms with Gasteiger partial charge in [-0.15, -0.1) is 0 Å². The van der Waals surface area contributed by atoms with Crippen molar-refractivity contribution in [2.45, 2.75) is 45.2 Å². The van der Waals surface area contributed by atoms with Gasteiger partial charge in [-0.2, -0.15) is 0 Å². The van der Waals surface area contributed by atoms with Crippen molar-refractivity contribution >= 4 is 10.8 Å². The number of hydrogen-bond acceptors (Lipinski definition) is 2. The maximum Gasteiger partial charge on any atom is 0.0350 e. The van der Waals surface area contributed by atoms with Crippen LogP contribution >= 0.6 is 0 Å². The van der Waals surface area contributed by atoms with Crippen LogP contribution in [0.25, 0.3) is 0 Å². The van der Waals surface area contributed by atoms with Crippen LogP contribution in [0, 0.1) is 12.8 Å². The Kier molecular flexibility index (Phi) is 5.17. The topological polar surface area (TPSA) is 29.1 Å². The molecule has 19 heavy (non-hydrogen) atoms. The Balaban J connectivity index is 1.96. The molecule has 1 saturated carbocycles. The fourth-order valence-corrected chi connectivity index (χ4v) is 3.13. The van der Waals surface area contributed by atoms with E-state index in [9.17, 15) is 4.21 Å². The van der Waals surface area contributed by atoms with Crippen LogP contribution in [0.1, 0.15) is 43.4 Å². The third-order valence-electron chi connectivity index (χ3n) is 3.83. The fourth-order valence-electron chi connectivity index (χ4n) is 2.44. The van der Waals surface area contributed by atoms with Crippen molar-refractivity contribution in [2.75, 3.05) is 12.0 Å². The molecule has 1 aliphatic rings. The van der Waals surface area contributed by atoms with Gasteiger partial charge in [-0.25, -0.2) is 0 Å². The number of rotatable bonds is 7. The second-order valence-electron chi connectivity index (χ2n) is 5.86. The van der Waals surface area contributed by atoms with Crippen LogP contribution in [0.2, 0.25) is 0 Å². The van der Waals surface area contributed by atoms with Crippen LogP contribution in [0.4, 0.5) is 0 Å². The third-order valence-corrected chi connectivity index (χ3v) is 4.64. The number of hydrogen-bond donors (Lipinski definition) is 1. The van der Waals surface area contributed by atoms with Gasteiger partial charge in [-0.1, -0.05) is 29.8 Å². The Hall–Kier alpha value is -0.670. The summed E-state index contributed by atoms with van der Waals surface area (Å²) in [6.45, 7) is 4.33. The molecule has 106 valence electrons. The van der Waals surface area contributed by atoms with Gasteiger partial charge in [-0.3, -0.25) is 4.21 Å². The summed E-state index contributed by atoms with van der Waals surface area (Å²) in [7, 11) is -0.684. The molecule has 0 aliphatic heterocycles. The van der Waals surface area contributed by atoms with Gasteiger partial charge >= 0.3 is 0 Å². The standard InChI is InChI=1S/C16H25NOS/c1-12-4-6-14(7-5-12)16(15-8-9-15)17-13(2)10-11-19(3)18/h4-7,13,15-17H,8-11H2,1-3H3. The molecule has 0 radical (unpaired) electrons. The molecule has 3 atom stereocenters. The lowest BCUT2D eigenvalue weighted by molar-refractivity contribution is 0.413. The quantitative estimate of drug-likeness (QED) is 0.830. The first-order valence-corrected chi connectivity index (χ1v) is 8.91. The Morgan fingerprint density at radius 2 is 1.95 bits per heavy atom. The molecule has 3 heteroatoms. The Morgan fingerprint density at radius 3 is 2.47 bits per heavy atom. The SMILES string of the molecule is Cc1ccc(C(NC(C)CCS(C)=O)C2CC2)cc1. The van der Waals surface area contributed by atoms with Crippen molar-refractivity contribution in [3.05, 3.63) is 35.4 Å². The zero-order chi connectivity index (χ0) is 13.8. The van der Waals surface area contributed by atoms with E-state index in [2.05, 4.69) is 43.4 Å². The van der Waals surface area contributed by atoms with Crippen molar-refractivity contribution in [1.29, 1.82) is 0 Å². The zero-order valence-corrected chi connectivity index (χ0v) is 13.0. The van der Waals surface area contributed by atoms with E-state index in [4.69, 9.17) is 0 Å². The lowest BCUT2D eigenvalue weighted by Crippen LogP contribution is -2.32. The highest BCUT2D eigenvalue weighted by Gasteiger charge is 2.32. The predicted molar refractivity (Wildman–Crippen MR) is 82.8 cm³/mol. The van der Waals surface area contributed by atoms with Gasteiger partial charge < -0.3 is 5.32 Å². The van der Waals surface area contributed by atoms with E-state index in [1.165, 1.54) is 24.0 Å². The highest BCUT2D eigenvalue weighted by molar-refractivity contribution is 7.84. The lowest BCUT2D eigenvalue weighted by Gasteiger charge is -2.24. The Labute approximate surface area is 119 Å². The predicted octanol–water partition coefficient (Wildman–Crippen LogP) is 3.19. The number of aryl methyl sites for hydroxylation is 1. The van der Waals surface area contributed by atoms with Crippen LogP contribution in [-0.4, -0.2) is 22.3 Å². The zero-order valence-electron chi connectivity index (χ0n) is 12.2. The van der Waals surface area contributed by atoms with Crippen LogP contribution in [0.5, 0.6) is 0 Å². The molecule has 2 nitrogen and oxygen atoms in total. The van der Waals surface area contributed by atoms with Gasteiger partial charge in [0, 0.05) is 34.9 Å². The lowest BCUT2D eigenvalue weighted by atomic mass is 10.00. The van der Waals surface area contributed by atoms with Crippen LogP contribution in [-0.2, 0) is 10.8 Å². The van der Waals surface area contributed by atoms with Gasteiger partial charge in [0.15, 0.2) is 0 Å². The Morgan fingerprint density at radius 1 is 1.32 bits per heavy atom. The second kappa shape index (κ2) is 6.67. The van der Waals surface area contributed by atoms with E-state index >= 15 is 0 Å². The van der Waals surface area contributed by atoms with E-state index in [0.717, 1.165) is 18.1 Å². The molecular formula is C16H25NOS. The van der Waals surface area contributed by atoms with E-state index in [1.54, 1.807) is 6.26 Å². The summed E-state index contributed by atoms with van der Waals surface area (Å²) in [5, 5.41) is 3.74. The van der Waals surface area contributed by atoms with Gasteiger partial charge in [0.05, 0.1) is 0 Å². The van der Waals surface area contributed by atoms with Crippen molar-refractivity contribution in [2.24, 2.45) is 5.92 Å². The van der Waals surface area contributed by atoms with Crippen LogP contribution in [0.3, 0.4) is 0 Å². The highest BCUT2D eigenvalue weighted by Crippen LogP contribution is 2.41. The smallest absolute Gasteiger partial charge is 0.0350 e. The summed E-state index contributed by atoms with van der Waals surface area (Å²) in [6, 6.07) is 9.78. The molecule has 1 fully saturated rings. The summed E-state index contributed by atoms with van der Waals surface area (Å²) in [4.78, 5) is 0. The van der Waals surface area contributed by atoms with E-state index < -0.39 is 10.8 Å². The molecule has 2 rings (SSSR count). The first kappa shape index (κ1) is 14.7. The normalized spacial score (nSPS) is 19.9. The first-order valence-electron chi connectivity index (χ1n) is 7.19. The maximum atomic E-state index is 11.2. The van der Waals surface area contributed by atoms with E-state index in [0.29, 0.717) is 12.1 Å². The number of benzene rings is 1. The van der Waals surface area contributed by atoms with Gasteiger partial charge in [-0.05, 0) is 44.6 Å². The second-order valence-corrected chi connectivity index (χ2v) is 7.41.